The molecule has 0 unspecified atom stereocenters. The van der Waals surface area contributed by atoms with Crippen LogP contribution in [0.3, 0.4) is 0 Å². The summed E-state index contributed by atoms with van der Waals surface area (Å²) in [5, 5.41) is 29.2. The minimum absolute atomic E-state index is 0.176. The van der Waals surface area contributed by atoms with E-state index in [1.807, 2.05) is 6.08 Å². The molecule has 0 aliphatic heterocycles. The molecule has 0 aromatic rings. The molecule has 0 atom stereocenters. The van der Waals surface area contributed by atoms with Gasteiger partial charge in [-0.2, -0.15) is 0 Å². The van der Waals surface area contributed by atoms with Gasteiger partial charge in [-0.05, 0) is 19.3 Å². The molecule has 7 nitrogen and oxygen atoms in total. The van der Waals surface area contributed by atoms with E-state index in [-0.39, 0.29) is 6.54 Å². The number of carboxylic acid groups (broad SMARTS) is 3. The number of carbonyl (C=O) groups is 3. The minimum atomic E-state index is -1.44. The zero-order chi connectivity index (χ0) is 24.1. The number of aliphatic carboxylic acids is 3. The number of rotatable bonds is 23. The van der Waals surface area contributed by atoms with Crippen molar-refractivity contribution in [1.82, 2.24) is 0 Å². The monoisotopic (exact) mass is 455 g/mol. The number of carboxylic acids is 3. The van der Waals surface area contributed by atoms with Gasteiger partial charge >= 0.3 is 11.9 Å². The Balaban J connectivity index is 3.90. The number of allylic oxidation sites excluding steroid dienone is 2. The van der Waals surface area contributed by atoms with Crippen LogP contribution in [0.5, 0.6) is 0 Å². The SMILES string of the molecule is CCCCCCCCCCCCCC/C=C/CCC[N+](CC(=O)[O-])(CC(=O)O)CC(=O)O. The van der Waals surface area contributed by atoms with Crippen LogP contribution < -0.4 is 5.11 Å². The van der Waals surface area contributed by atoms with Crippen LogP contribution in [0.25, 0.3) is 0 Å². The summed E-state index contributed by atoms with van der Waals surface area (Å²) in [5.74, 6) is -3.86. The smallest absolute Gasteiger partial charge is 0.359 e. The van der Waals surface area contributed by atoms with Crippen molar-refractivity contribution in [1.29, 1.82) is 0 Å². The molecule has 0 aromatic heterocycles. The van der Waals surface area contributed by atoms with Crippen LogP contribution >= 0.6 is 0 Å². The molecule has 0 fully saturated rings. The molecule has 0 aromatic carbocycles. The van der Waals surface area contributed by atoms with Gasteiger partial charge in [-0.1, -0.05) is 89.7 Å². The van der Waals surface area contributed by atoms with Crippen LogP contribution in [0.2, 0.25) is 0 Å². The second kappa shape index (κ2) is 19.8. The van der Waals surface area contributed by atoms with Gasteiger partial charge in [-0.3, -0.25) is 0 Å². The standard InChI is InChI=1S/C25H45NO6/c1-2-3-4-5-6-7-8-9-10-11-12-13-14-15-16-17-18-19-26(20-23(27)28,21-24(29)30)22-25(31)32/h15-16H,2-14,17-22H2,1H3,(H2-,27,28,29,30,31,32)/b16-15+. The van der Waals surface area contributed by atoms with E-state index in [0.29, 0.717) is 12.8 Å². The third kappa shape index (κ3) is 18.8. The highest BCUT2D eigenvalue weighted by atomic mass is 16.4. The average Bonchev–Trinajstić information content (AvgIpc) is 2.68. The Morgan fingerprint density at radius 3 is 1.47 bits per heavy atom. The van der Waals surface area contributed by atoms with Crippen molar-refractivity contribution in [3.63, 3.8) is 0 Å². The molecule has 32 heavy (non-hydrogen) atoms. The highest BCUT2D eigenvalue weighted by Crippen LogP contribution is 2.13. The summed E-state index contributed by atoms with van der Waals surface area (Å²) in [6.07, 6.45) is 22.2. The molecule has 7 heteroatoms. The number of nitrogens with zero attached hydrogens (tertiary/aromatic N) is 1. The number of quaternary nitrogens is 1. The largest absolute Gasteiger partial charge is 0.544 e. The van der Waals surface area contributed by atoms with Crippen molar-refractivity contribution in [2.24, 2.45) is 0 Å². The summed E-state index contributed by atoms with van der Waals surface area (Å²) in [6, 6.07) is 0. The maximum Gasteiger partial charge on any atom is 0.359 e. The molecule has 0 radical (unpaired) electrons. The second-order valence-electron chi connectivity index (χ2n) is 8.99. The molecule has 0 rings (SSSR count). The van der Waals surface area contributed by atoms with Crippen LogP contribution in [0.1, 0.15) is 103 Å². The van der Waals surface area contributed by atoms with Crippen LogP contribution in [-0.2, 0) is 14.4 Å². The zero-order valence-electron chi connectivity index (χ0n) is 20.1. The summed E-state index contributed by atoms with van der Waals surface area (Å²) in [6.45, 7) is 0.735. The highest BCUT2D eigenvalue weighted by Gasteiger charge is 2.33. The molecule has 0 saturated carbocycles. The predicted molar refractivity (Wildman–Crippen MR) is 124 cm³/mol. The van der Waals surface area contributed by atoms with Crippen LogP contribution in [0.15, 0.2) is 12.2 Å². The van der Waals surface area contributed by atoms with Gasteiger partial charge in [0.25, 0.3) is 0 Å². The van der Waals surface area contributed by atoms with E-state index in [4.69, 9.17) is 10.2 Å². The van der Waals surface area contributed by atoms with Crippen molar-refractivity contribution in [2.75, 3.05) is 26.2 Å². The molecule has 2 N–H and O–H groups in total. The lowest BCUT2D eigenvalue weighted by Crippen LogP contribution is -2.59. The fourth-order valence-electron chi connectivity index (χ4n) is 4.14. The molecular weight excluding hydrogens is 410 g/mol. The first-order chi connectivity index (χ1) is 15.3. The second-order valence-corrected chi connectivity index (χ2v) is 8.99. The summed E-state index contributed by atoms with van der Waals surface area (Å²) in [4.78, 5) is 33.3. The first-order valence-corrected chi connectivity index (χ1v) is 12.4. The Morgan fingerprint density at radius 2 is 1.06 bits per heavy atom. The summed E-state index contributed by atoms with van der Waals surface area (Å²) >= 11 is 0. The van der Waals surface area contributed by atoms with Crippen molar-refractivity contribution in [3.05, 3.63) is 12.2 Å². The van der Waals surface area contributed by atoms with E-state index >= 15 is 0 Å². The lowest BCUT2D eigenvalue weighted by Gasteiger charge is -2.36. The number of unbranched alkanes of at least 4 members (excludes halogenated alkanes) is 13. The van der Waals surface area contributed by atoms with Gasteiger partial charge in [0, 0.05) is 6.42 Å². The summed E-state index contributed by atoms with van der Waals surface area (Å²) in [7, 11) is 0. The van der Waals surface area contributed by atoms with Gasteiger partial charge in [-0.25, -0.2) is 9.59 Å². The van der Waals surface area contributed by atoms with Crippen LogP contribution in [0.4, 0.5) is 0 Å². The Kier molecular flexibility index (Phi) is 18.6. The van der Waals surface area contributed by atoms with Gasteiger partial charge in [-0.15, -0.1) is 0 Å². The Hall–Kier alpha value is -1.89. The van der Waals surface area contributed by atoms with Crippen molar-refractivity contribution >= 4 is 17.9 Å². The lowest BCUT2D eigenvalue weighted by molar-refractivity contribution is -0.909. The Labute approximate surface area is 194 Å². The summed E-state index contributed by atoms with van der Waals surface area (Å²) in [5.41, 5.74) is 0. The van der Waals surface area contributed by atoms with Gasteiger partial charge < -0.3 is 24.6 Å². The maximum atomic E-state index is 11.1. The Morgan fingerprint density at radius 1 is 0.656 bits per heavy atom. The molecule has 0 saturated heterocycles. The Bertz CT molecular complexity index is 506. The van der Waals surface area contributed by atoms with Gasteiger partial charge in [0.05, 0.1) is 12.5 Å². The number of hydrogen-bond donors (Lipinski definition) is 2. The van der Waals surface area contributed by atoms with Gasteiger partial charge in [0.2, 0.25) is 0 Å². The highest BCUT2D eigenvalue weighted by molar-refractivity contribution is 5.72. The van der Waals surface area contributed by atoms with E-state index in [9.17, 15) is 19.5 Å². The van der Waals surface area contributed by atoms with E-state index in [0.717, 1.165) is 12.8 Å². The molecule has 0 aliphatic carbocycles. The van der Waals surface area contributed by atoms with Crippen molar-refractivity contribution < 1.29 is 34.2 Å². The number of hydrogen-bond acceptors (Lipinski definition) is 4. The lowest BCUT2D eigenvalue weighted by atomic mass is 10.0. The molecular formula is C25H45NO6. The fraction of sp³-hybridized carbons (Fsp3) is 0.800. The normalized spacial score (nSPS) is 11.8. The van der Waals surface area contributed by atoms with Crippen molar-refractivity contribution in [2.45, 2.75) is 103 Å². The van der Waals surface area contributed by atoms with Crippen molar-refractivity contribution in [3.8, 4) is 0 Å². The molecule has 0 aliphatic rings. The van der Waals surface area contributed by atoms with E-state index < -0.39 is 42.0 Å². The first-order valence-electron chi connectivity index (χ1n) is 12.4. The van der Waals surface area contributed by atoms with E-state index in [1.54, 1.807) is 0 Å². The van der Waals surface area contributed by atoms with E-state index in [2.05, 4.69) is 13.0 Å². The van der Waals surface area contributed by atoms with Crippen LogP contribution in [0, 0.1) is 0 Å². The third-order valence-electron chi connectivity index (χ3n) is 5.80. The predicted octanol–water partition coefficient (Wildman–Crippen LogP) is 4.15. The van der Waals surface area contributed by atoms with Gasteiger partial charge in [0.1, 0.15) is 6.54 Å². The molecule has 186 valence electrons. The minimum Gasteiger partial charge on any atom is -0.544 e. The molecule has 0 spiro atoms. The van der Waals surface area contributed by atoms with Crippen LogP contribution in [-0.4, -0.2) is 58.8 Å². The quantitative estimate of drug-likeness (QED) is 0.136. The molecule has 0 bridgehead atoms. The summed E-state index contributed by atoms with van der Waals surface area (Å²) < 4.78 is -0.528. The number of carbonyl (C=O) groups excluding carboxylic acids is 1. The fourth-order valence-corrected chi connectivity index (χ4v) is 4.14. The van der Waals surface area contributed by atoms with E-state index in [1.165, 1.54) is 70.6 Å². The third-order valence-corrected chi connectivity index (χ3v) is 5.80. The first kappa shape index (κ1) is 30.1. The molecule has 0 heterocycles. The molecule has 0 amide bonds. The topological polar surface area (TPSA) is 115 Å². The average molecular weight is 456 g/mol. The maximum absolute atomic E-state index is 11.1. The zero-order valence-corrected chi connectivity index (χ0v) is 20.1. The van der Waals surface area contributed by atoms with Gasteiger partial charge in [0.15, 0.2) is 13.1 Å².